The minimum atomic E-state index is -0.106. The Morgan fingerprint density at radius 1 is 1.35 bits per heavy atom. The van der Waals surface area contributed by atoms with Crippen molar-refractivity contribution in [3.63, 3.8) is 0 Å². The SMILES string of the molecule is CC(C)n1cnc(-c2nc(C(=O)NC3CC3)c3ccccn23)c1. The standard InChI is InChI=1S/C17H19N5O/c1-11(2)21-9-13(18-10-21)16-20-15(17(23)19-12-6-7-12)14-5-3-4-8-22(14)16/h3-5,8-12H,6-7H2,1-2H3,(H,19,23). The van der Waals surface area contributed by atoms with Crippen LogP contribution in [0.25, 0.3) is 17.0 Å². The van der Waals surface area contributed by atoms with Gasteiger partial charge >= 0.3 is 0 Å². The molecule has 118 valence electrons. The zero-order chi connectivity index (χ0) is 16.0. The summed E-state index contributed by atoms with van der Waals surface area (Å²) < 4.78 is 3.96. The Kier molecular flexibility index (Phi) is 3.18. The number of nitrogens with zero attached hydrogens (tertiary/aromatic N) is 4. The van der Waals surface area contributed by atoms with Crippen LogP contribution in [0.1, 0.15) is 43.2 Å². The van der Waals surface area contributed by atoms with Gasteiger partial charge in [0.15, 0.2) is 11.5 Å². The summed E-state index contributed by atoms with van der Waals surface area (Å²) in [6.07, 6.45) is 7.80. The van der Waals surface area contributed by atoms with Crippen molar-refractivity contribution < 1.29 is 4.79 Å². The van der Waals surface area contributed by atoms with Crippen LogP contribution in [0.2, 0.25) is 0 Å². The van der Waals surface area contributed by atoms with Gasteiger partial charge in [0, 0.05) is 24.5 Å². The molecule has 3 heterocycles. The van der Waals surface area contributed by atoms with Crippen molar-refractivity contribution >= 4 is 11.4 Å². The first-order valence-electron chi connectivity index (χ1n) is 7.95. The quantitative estimate of drug-likeness (QED) is 0.806. The van der Waals surface area contributed by atoms with Crippen LogP contribution >= 0.6 is 0 Å². The second kappa shape index (κ2) is 5.22. The van der Waals surface area contributed by atoms with E-state index >= 15 is 0 Å². The first-order valence-corrected chi connectivity index (χ1v) is 7.95. The highest BCUT2D eigenvalue weighted by molar-refractivity contribution is 6.00. The molecule has 1 fully saturated rings. The summed E-state index contributed by atoms with van der Waals surface area (Å²) in [5.41, 5.74) is 2.04. The van der Waals surface area contributed by atoms with Crippen LogP contribution in [-0.2, 0) is 0 Å². The van der Waals surface area contributed by atoms with Gasteiger partial charge in [0.1, 0.15) is 5.69 Å². The van der Waals surface area contributed by atoms with E-state index in [1.807, 2.05) is 39.6 Å². The number of hydrogen-bond acceptors (Lipinski definition) is 3. The van der Waals surface area contributed by atoms with Crippen LogP contribution in [0, 0.1) is 0 Å². The average molecular weight is 309 g/mol. The Balaban J connectivity index is 1.81. The van der Waals surface area contributed by atoms with E-state index in [4.69, 9.17) is 0 Å². The van der Waals surface area contributed by atoms with E-state index in [0.717, 1.165) is 24.1 Å². The first kappa shape index (κ1) is 14.0. The number of carbonyl (C=O) groups excluding carboxylic acids is 1. The number of hydrogen-bond donors (Lipinski definition) is 1. The predicted octanol–water partition coefficient (Wildman–Crippen LogP) is 2.67. The van der Waals surface area contributed by atoms with Crippen LogP contribution in [0.3, 0.4) is 0 Å². The van der Waals surface area contributed by atoms with Gasteiger partial charge in [0.25, 0.3) is 5.91 Å². The Hall–Kier alpha value is -2.63. The molecule has 1 N–H and O–H groups in total. The van der Waals surface area contributed by atoms with Crippen molar-refractivity contribution in [2.75, 3.05) is 0 Å². The largest absolute Gasteiger partial charge is 0.348 e. The lowest BCUT2D eigenvalue weighted by molar-refractivity contribution is 0.0948. The summed E-state index contributed by atoms with van der Waals surface area (Å²) in [6, 6.07) is 6.41. The average Bonchev–Trinajstić information content (AvgIpc) is 3.09. The van der Waals surface area contributed by atoms with E-state index in [1.54, 1.807) is 6.33 Å². The molecule has 23 heavy (non-hydrogen) atoms. The molecule has 0 unspecified atom stereocenters. The molecule has 0 bridgehead atoms. The highest BCUT2D eigenvalue weighted by atomic mass is 16.2. The molecule has 3 aromatic heterocycles. The molecule has 0 atom stereocenters. The molecule has 6 nitrogen and oxygen atoms in total. The van der Waals surface area contributed by atoms with Crippen molar-refractivity contribution in [1.82, 2.24) is 24.3 Å². The second-order valence-electron chi connectivity index (χ2n) is 6.29. The van der Waals surface area contributed by atoms with Gasteiger partial charge in [-0.15, -0.1) is 0 Å². The van der Waals surface area contributed by atoms with Crippen LogP contribution in [0.15, 0.2) is 36.9 Å². The summed E-state index contributed by atoms with van der Waals surface area (Å²) in [7, 11) is 0. The summed E-state index contributed by atoms with van der Waals surface area (Å²) in [5, 5.41) is 3.01. The molecule has 0 radical (unpaired) electrons. The molecule has 1 saturated carbocycles. The normalized spacial score (nSPS) is 14.6. The maximum atomic E-state index is 12.5. The molecule has 6 heteroatoms. The first-order chi connectivity index (χ1) is 11.1. The van der Waals surface area contributed by atoms with Gasteiger partial charge in [-0.2, -0.15) is 0 Å². The van der Waals surface area contributed by atoms with E-state index in [-0.39, 0.29) is 5.91 Å². The maximum Gasteiger partial charge on any atom is 0.272 e. The van der Waals surface area contributed by atoms with E-state index in [0.29, 0.717) is 23.6 Å². The molecule has 3 aromatic rings. The van der Waals surface area contributed by atoms with Gasteiger partial charge in [0.2, 0.25) is 0 Å². The molecule has 0 aliphatic heterocycles. The van der Waals surface area contributed by atoms with Crippen LogP contribution in [0.4, 0.5) is 0 Å². The van der Waals surface area contributed by atoms with Crippen molar-refractivity contribution in [3.8, 4) is 11.5 Å². The Morgan fingerprint density at radius 3 is 2.87 bits per heavy atom. The minimum absolute atomic E-state index is 0.106. The Morgan fingerprint density at radius 2 is 2.17 bits per heavy atom. The van der Waals surface area contributed by atoms with Crippen LogP contribution in [0.5, 0.6) is 0 Å². The molecule has 0 saturated heterocycles. The Labute approximate surface area is 134 Å². The number of amides is 1. The fraction of sp³-hybridized carbons (Fsp3) is 0.353. The summed E-state index contributed by atoms with van der Waals surface area (Å²) in [6.45, 7) is 4.20. The lowest BCUT2D eigenvalue weighted by Gasteiger charge is -2.03. The number of aromatic nitrogens is 4. The molecule has 0 aromatic carbocycles. The third-order valence-electron chi connectivity index (χ3n) is 4.10. The van der Waals surface area contributed by atoms with Gasteiger partial charge in [-0.1, -0.05) is 6.07 Å². The van der Waals surface area contributed by atoms with Crippen LogP contribution in [-0.4, -0.2) is 30.9 Å². The molecule has 1 amide bonds. The summed E-state index contributed by atoms with van der Waals surface area (Å²) >= 11 is 0. The zero-order valence-corrected chi connectivity index (χ0v) is 13.2. The second-order valence-corrected chi connectivity index (χ2v) is 6.29. The summed E-state index contributed by atoms with van der Waals surface area (Å²) in [4.78, 5) is 21.5. The lowest BCUT2D eigenvalue weighted by Crippen LogP contribution is -2.25. The zero-order valence-electron chi connectivity index (χ0n) is 13.2. The Bertz CT molecular complexity index is 872. The molecule has 0 spiro atoms. The molecule has 1 aliphatic carbocycles. The predicted molar refractivity (Wildman–Crippen MR) is 87.3 cm³/mol. The van der Waals surface area contributed by atoms with E-state index in [9.17, 15) is 4.79 Å². The number of nitrogens with one attached hydrogen (secondary N) is 1. The molecular weight excluding hydrogens is 290 g/mol. The summed E-state index contributed by atoms with van der Waals surface area (Å²) in [5.74, 6) is 0.590. The molecular formula is C17H19N5O. The number of fused-ring (bicyclic) bond motifs is 1. The van der Waals surface area contributed by atoms with Gasteiger partial charge < -0.3 is 9.88 Å². The number of pyridine rings is 1. The van der Waals surface area contributed by atoms with E-state index < -0.39 is 0 Å². The third-order valence-corrected chi connectivity index (χ3v) is 4.10. The van der Waals surface area contributed by atoms with Gasteiger partial charge in [0.05, 0.1) is 11.8 Å². The number of imidazole rings is 2. The highest BCUT2D eigenvalue weighted by Crippen LogP contribution is 2.24. The van der Waals surface area contributed by atoms with Crippen LogP contribution < -0.4 is 5.32 Å². The minimum Gasteiger partial charge on any atom is -0.348 e. The smallest absolute Gasteiger partial charge is 0.272 e. The monoisotopic (exact) mass is 309 g/mol. The van der Waals surface area contributed by atoms with Crippen molar-refractivity contribution in [1.29, 1.82) is 0 Å². The van der Waals surface area contributed by atoms with Crippen molar-refractivity contribution in [2.45, 2.75) is 38.8 Å². The fourth-order valence-corrected chi connectivity index (χ4v) is 2.60. The van der Waals surface area contributed by atoms with Gasteiger partial charge in [-0.05, 0) is 38.8 Å². The lowest BCUT2D eigenvalue weighted by atomic mass is 10.3. The fourth-order valence-electron chi connectivity index (χ4n) is 2.60. The highest BCUT2D eigenvalue weighted by Gasteiger charge is 2.27. The van der Waals surface area contributed by atoms with E-state index in [1.165, 1.54) is 0 Å². The van der Waals surface area contributed by atoms with Crippen molar-refractivity contribution in [3.05, 3.63) is 42.6 Å². The van der Waals surface area contributed by atoms with Gasteiger partial charge in [-0.3, -0.25) is 9.20 Å². The third kappa shape index (κ3) is 2.50. The number of carbonyl (C=O) groups is 1. The number of rotatable bonds is 4. The van der Waals surface area contributed by atoms with Gasteiger partial charge in [-0.25, -0.2) is 9.97 Å². The van der Waals surface area contributed by atoms with E-state index in [2.05, 4.69) is 29.1 Å². The molecule has 4 rings (SSSR count). The molecule has 1 aliphatic rings. The van der Waals surface area contributed by atoms with Crippen molar-refractivity contribution in [2.24, 2.45) is 0 Å². The topological polar surface area (TPSA) is 64.2 Å². The maximum absolute atomic E-state index is 12.5.